The Morgan fingerprint density at radius 1 is 1.82 bits per heavy atom. The lowest BCUT2D eigenvalue weighted by Crippen LogP contribution is -2.54. The molecule has 0 radical (unpaired) electrons. The minimum absolute atomic E-state index is 0.0420. The van der Waals surface area contributed by atoms with Crippen molar-refractivity contribution in [1.82, 2.24) is 10.2 Å². The molecule has 11 heavy (non-hydrogen) atoms. The van der Waals surface area contributed by atoms with E-state index < -0.39 is 6.09 Å². The number of piperazine rings is 1. The first-order valence-electron chi connectivity index (χ1n) is 3.37. The number of carbonyl (C=O) groups excluding carboxylic acids is 1. The number of rotatable bonds is 0. The molecular formula is C6H10N2O3. The third kappa shape index (κ3) is 1.83. The molecule has 2 amide bonds. The van der Waals surface area contributed by atoms with Gasteiger partial charge in [-0.05, 0) is 6.92 Å². The van der Waals surface area contributed by atoms with E-state index in [1.54, 1.807) is 6.92 Å². The fourth-order valence-electron chi connectivity index (χ4n) is 1.08. The van der Waals surface area contributed by atoms with Crippen LogP contribution in [0.2, 0.25) is 0 Å². The first-order valence-corrected chi connectivity index (χ1v) is 3.37. The molecular weight excluding hydrogens is 148 g/mol. The Bertz CT molecular complexity index is 192. The third-order valence-corrected chi connectivity index (χ3v) is 1.51. The van der Waals surface area contributed by atoms with Gasteiger partial charge in [0.2, 0.25) is 5.91 Å². The number of hydrogen-bond acceptors (Lipinski definition) is 2. The van der Waals surface area contributed by atoms with Gasteiger partial charge in [-0.15, -0.1) is 0 Å². The summed E-state index contributed by atoms with van der Waals surface area (Å²) < 4.78 is 0. The fourth-order valence-corrected chi connectivity index (χ4v) is 1.08. The highest BCUT2D eigenvalue weighted by Gasteiger charge is 2.24. The summed E-state index contributed by atoms with van der Waals surface area (Å²) in [6.45, 7) is 2.10. The minimum Gasteiger partial charge on any atom is -0.465 e. The maximum Gasteiger partial charge on any atom is 0.407 e. The molecule has 0 saturated carbocycles. The summed E-state index contributed by atoms with van der Waals surface area (Å²) in [6, 6.07) is -0.0765. The van der Waals surface area contributed by atoms with Gasteiger partial charge in [-0.25, -0.2) is 4.79 Å². The molecule has 62 valence electrons. The fraction of sp³-hybridized carbons (Fsp3) is 0.667. The summed E-state index contributed by atoms with van der Waals surface area (Å²) in [4.78, 5) is 22.3. The van der Waals surface area contributed by atoms with Crippen LogP contribution >= 0.6 is 0 Å². The number of amides is 2. The highest BCUT2D eigenvalue weighted by atomic mass is 16.4. The summed E-state index contributed by atoms with van der Waals surface area (Å²) in [5.41, 5.74) is 0. The predicted octanol–water partition coefficient (Wildman–Crippen LogP) is -0.515. The number of hydrogen-bond donors (Lipinski definition) is 2. The molecule has 0 aromatic rings. The summed E-state index contributed by atoms with van der Waals surface area (Å²) in [5, 5.41) is 11.1. The summed E-state index contributed by atoms with van der Waals surface area (Å²) in [6.07, 6.45) is -1.04. The van der Waals surface area contributed by atoms with Crippen molar-refractivity contribution in [3.63, 3.8) is 0 Å². The van der Waals surface area contributed by atoms with Gasteiger partial charge in [0.1, 0.15) is 6.54 Å². The van der Waals surface area contributed by atoms with Crippen molar-refractivity contribution in [3.05, 3.63) is 0 Å². The van der Waals surface area contributed by atoms with Crippen molar-refractivity contribution < 1.29 is 14.7 Å². The van der Waals surface area contributed by atoms with Gasteiger partial charge < -0.3 is 10.4 Å². The molecule has 0 spiro atoms. The zero-order valence-electron chi connectivity index (χ0n) is 6.20. The summed E-state index contributed by atoms with van der Waals surface area (Å²) in [7, 11) is 0. The van der Waals surface area contributed by atoms with Crippen molar-refractivity contribution in [3.8, 4) is 0 Å². The molecule has 1 heterocycles. The lowest BCUT2D eigenvalue weighted by molar-refractivity contribution is -0.124. The Hall–Kier alpha value is -1.26. The van der Waals surface area contributed by atoms with E-state index in [4.69, 9.17) is 5.11 Å². The van der Waals surface area contributed by atoms with Crippen LogP contribution in [0.4, 0.5) is 4.79 Å². The van der Waals surface area contributed by atoms with Crippen LogP contribution in [-0.2, 0) is 4.79 Å². The lowest BCUT2D eigenvalue weighted by atomic mass is 10.2. The number of carboxylic acid groups (broad SMARTS) is 1. The number of nitrogens with one attached hydrogen (secondary N) is 1. The Morgan fingerprint density at radius 3 is 2.91 bits per heavy atom. The molecule has 1 rings (SSSR count). The van der Waals surface area contributed by atoms with Crippen LogP contribution in [0.25, 0.3) is 0 Å². The summed E-state index contributed by atoms with van der Waals surface area (Å²) >= 11 is 0. The van der Waals surface area contributed by atoms with E-state index >= 15 is 0 Å². The van der Waals surface area contributed by atoms with Gasteiger partial charge in [0.15, 0.2) is 0 Å². The second-order valence-electron chi connectivity index (χ2n) is 2.63. The molecule has 0 aromatic heterocycles. The van der Waals surface area contributed by atoms with Crippen molar-refractivity contribution in [1.29, 1.82) is 0 Å². The molecule has 0 aliphatic carbocycles. The molecule has 1 fully saturated rings. The van der Waals surface area contributed by atoms with Crippen LogP contribution < -0.4 is 5.32 Å². The highest BCUT2D eigenvalue weighted by molar-refractivity contribution is 5.83. The van der Waals surface area contributed by atoms with Gasteiger partial charge in [-0.2, -0.15) is 0 Å². The predicted molar refractivity (Wildman–Crippen MR) is 37.2 cm³/mol. The van der Waals surface area contributed by atoms with E-state index in [0.29, 0.717) is 6.54 Å². The smallest absolute Gasteiger partial charge is 0.407 e. The van der Waals surface area contributed by atoms with Crippen molar-refractivity contribution in [2.45, 2.75) is 13.0 Å². The Labute approximate surface area is 64.0 Å². The molecule has 1 aliphatic rings. The SMILES string of the molecule is C[C@H]1CN(C(=O)O)CC(=O)N1. The largest absolute Gasteiger partial charge is 0.465 e. The molecule has 2 N–H and O–H groups in total. The van der Waals surface area contributed by atoms with Crippen LogP contribution in [0, 0.1) is 0 Å². The second kappa shape index (κ2) is 2.77. The van der Waals surface area contributed by atoms with E-state index in [1.807, 2.05) is 0 Å². The topological polar surface area (TPSA) is 69.6 Å². The Morgan fingerprint density at radius 2 is 2.45 bits per heavy atom. The van der Waals surface area contributed by atoms with Crippen molar-refractivity contribution in [2.75, 3.05) is 13.1 Å². The highest BCUT2D eigenvalue weighted by Crippen LogP contribution is 1.98. The average Bonchev–Trinajstić information content (AvgIpc) is 1.85. The first kappa shape index (κ1) is 7.84. The maximum absolute atomic E-state index is 10.8. The quantitative estimate of drug-likeness (QED) is 0.498. The van der Waals surface area contributed by atoms with Crippen molar-refractivity contribution >= 4 is 12.0 Å². The summed E-state index contributed by atoms with van der Waals surface area (Å²) in [5.74, 6) is -0.230. The van der Waals surface area contributed by atoms with E-state index in [9.17, 15) is 9.59 Å². The standard InChI is InChI=1S/C6H10N2O3/c1-4-2-8(6(10)11)3-5(9)7-4/h4H,2-3H2,1H3,(H,7,9)(H,10,11)/t4-/m0/s1. The monoisotopic (exact) mass is 158 g/mol. The molecule has 0 bridgehead atoms. The van der Waals surface area contributed by atoms with Crippen LogP contribution in [0.15, 0.2) is 0 Å². The normalized spacial score (nSPS) is 24.6. The van der Waals surface area contributed by atoms with Gasteiger partial charge in [0.25, 0.3) is 0 Å². The van der Waals surface area contributed by atoms with E-state index in [0.717, 1.165) is 4.90 Å². The molecule has 1 aliphatic heterocycles. The van der Waals surface area contributed by atoms with E-state index in [2.05, 4.69) is 5.32 Å². The lowest BCUT2D eigenvalue weighted by Gasteiger charge is -2.28. The minimum atomic E-state index is -1.04. The van der Waals surface area contributed by atoms with Crippen LogP contribution in [0.1, 0.15) is 6.92 Å². The molecule has 0 unspecified atom stereocenters. The van der Waals surface area contributed by atoms with E-state index in [-0.39, 0.29) is 18.5 Å². The third-order valence-electron chi connectivity index (χ3n) is 1.51. The molecule has 1 saturated heterocycles. The van der Waals surface area contributed by atoms with Crippen molar-refractivity contribution in [2.24, 2.45) is 0 Å². The molecule has 5 heteroatoms. The van der Waals surface area contributed by atoms with Gasteiger partial charge in [-0.1, -0.05) is 0 Å². The second-order valence-corrected chi connectivity index (χ2v) is 2.63. The average molecular weight is 158 g/mol. The van der Waals surface area contributed by atoms with Crippen LogP contribution in [0.3, 0.4) is 0 Å². The first-order chi connectivity index (χ1) is 5.09. The van der Waals surface area contributed by atoms with Gasteiger partial charge in [0, 0.05) is 12.6 Å². The molecule has 0 aromatic carbocycles. The van der Waals surface area contributed by atoms with E-state index in [1.165, 1.54) is 0 Å². The molecule has 5 nitrogen and oxygen atoms in total. The zero-order chi connectivity index (χ0) is 8.43. The van der Waals surface area contributed by atoms with Crippen LogP contribution in [-0.4, -0.2) is 41.1 Å². The zero-order valence-corrected chi connectivity index (χ0v) is 6.20. The Kier molecular flexibility index (Phi) is 1.98. The Balaban J connectivity index is 2.56. The van der Waals surface area contributed by atoms with Gasteiger partial charge >= 0.3 is 6.09 Å². The maximum atomic E-state index is 10.8. The number of nitrogens with zero attached hydrogens (tertiary/aromatic N) is 1. The van der Waals surface area contributed by atoms with Gasteiger partial charge in [0.05, 0.1) is 0 Å². The number of carbonyl (C=O) groups is 2. The molecule has 1 atom stereocenters. The van der Waals surface area contributed by atoms with Crippen LogP contribution in [0.5, 0.6) is 0 Å². The van der Waals surface area contributed by atoms with Gasteiger partial charge in [-0.3, -0.25) is 9.69 Å².